The third kappa shape index (κ3) is 4.93. The van der Waals surface area contributed by atoms with Gasteiger partial charge in [-0.2, -0.15) is 18.2 Å². The molecule has 1 aliphatic rings. The fraction of sp³-hybridized carbons (Fsp3) is 0.238. The summed E-state index contributed by atoms with van der Waals surface area (Å²) in [5.41, 5.74) is 1.15. The highest BCUT2D eigenvalue weighted by Gasteiger charge is 2.30. The first-order valence-corrected chi connectivity index (χ1v) is 10.7. The molecule has 0 fully saturated rings. The van der Waals surface area contributed by atoms with Gasteiger partial charge >= 0.3 is 12.2 Å². The standard InChI is InChI=1S/C21H18F3N5O2S/c1-32-31-20-25-11-13-12-29(9-8-16(13)28-20)18-7-3-6-17(27-18)19(30)26-15-5-2-4-14(10-15)21(22,23)24/h2-7,10-11H,8-9,12H2,1H3,(H,26,30). The summed E-state index contributed by atoms with van der Waals surface area (Å²) in [6.45, 7) is 1.15. The number of benzene rings is 1. The van der Waals surface area contributed by atoms with Crippen LogP contribution in [-0.2, 0) is 19.1 Å². The lowest BCUT2D eigenvalue weighted by Gasteiger charge is -2.29. The monoisotopic (exact) mass is 461 g/mol. The number of aromatic nitrogens is 3. The zero-order valence-corrected chi connectivity index (χ0v) is 17.7. The molecule has 0 spiro atoms. The van der Waals surface area contributed by atoms with E-state index in [1.54, 1.807) is 24.6 Å². The first-order chi connectivity index (χ1) is 15.3. The molecule has 2 aromatic heterocycles. The van der Waals surface area contributed by atoms with E-state index in [0.717, 1.165) is 23.4 Å². The molecule has 11 heteroatoms. The van der Waals surface area contributed by atoms with Crippen LogP contribution in [0.2, 0.25) is 0 Å². The summed E-state index contributed by atoms with van der Waals surface area (Å²) in [5, 5.41) is 2.48. The van der Waals surface area contributed by atoms with Gasteiger partial charge in [0.1, 0.15) is 11.5 Å². The highest BCUT2D eigenvalue weighted by Crippen LogP contribution is 2.31. The van der Waals surface area contributed by atoms with E-state index < -0.39 is 17.6 Å². The van der Waals surface area contributed by atoms with Crippen molar-refractivity contribution in [2.24, 2.45) is 0 Å². The second-order valence-corrected chi connectivity index (χ2v) is 7.46. The minimum atomic E-state index is -4.49. The number of alkyl halides is 3. The van der Waals surface area contributed by atoms with Gasteiger partial charge in [0.25, 0.3) is 5.91 Å². The molecule has 1 amide bonds. The number of fused-ring (bicyclic) bond motifs is 1. The first kappa shape index (κ1) is 21.9. The van der Waals surface area contributed by atoms with Crippen molar-refractivity contribution in [3.05, 3.63) is 71.2 Å². The van der Waals surface area contributed by atoms with Gasteiger partial charge < -0.3 is 14.4 Å². The van der Waals surface area contributed by atoms with Crippen LogP contribution < -0.4 is 14.4 Å². The topological polar surface area (TPSA) is 80.2 Å². The van der Waals surface area contributed by atoms with Crippen LogP contribution in [0, 0.1) is 0 Å². The summed E-state index contributed by atoms with van der Waals surface area (Å²) in [6, 6.07) is 9.76. The number of hydrogen-bond acceptors (Lipinski definition) is 7. The Hall–Kier alpha value is -3.34. The van der Waals surface area contributed by atoms with E-state index in [2.05, 4.69) is 20.3 Å². The number of rotatable bonds is 5. The van der Waals surface area contributed by atoms with Gasteiger partial charge in [-0.05, 0) is 30.3 Å². The Labute approximate surface area is 186 Å². The van der Waals surface area contributed by atoms with E-state index >= 15 is 0 Å². The zero-order valence-electron chi connectivity index (χ0n) is 16.9. The van der Waals surface area contributed by atoms with Crippen LogP contribution >= 0.6 is 12.0 Å². The number of nitrogens with one attached hydrogen (secondary N) is 1. The number of carbonyl (C=O) groups is 1. The Bertz CT molecular complexity index is 1140. The number of pyridine rings is 1. The van der Waals surface area contributed by atoms with Gasteiger partial charge in [0, 0.05) is 43.2 Å². The Balaban J connectivity index is 1.48. The van der Waals surface area contributed by atoms with Crippen LogP contribution in [0.25, 0.3) is 0 Å². The lowest BCUT2D eigenvalue weighted by atomic mass is 10.1. The summed E-state index contributed by atoms with van der Waals surface area (Å²) < 4.78 is 44.0. The first-order valence-electron chi connectivity index (χ1n) is 9.59. The SMILES string of the molecule is CSOc1ncc2c(n1)CCN(c1cccc(C(=O)Nc3cccc(C(F)(F)F)c3)n1)C2. The molecule has 1 aliphatic heterocycles. The fourth-order valence-corrected chi connectivity index (χ4v) is 3.53. The minimum absolute atomic E-state index is 0.0457. The summed E-state index contributed by atoms with van der Waals surface area (Å²) in [7, 11) is 0. The van der Waals surface area contributed by atoms with E-state index in [4.69, 9.17) is 4.18 Å². The summed E-state index contributed by atoms with van der Waals surface area (Å²) in [6.07, 6.45) is -0.336. The second kappa shape index (κ2) is 9.03. The van der Waals surface area contributed by atoms with Crippen LogP contribution in [0.4, 0.5) is 24.7 Å². The molecular weight excluding hydrogens is 443 g/mol. The Morgan fingerprint density at radius 1 is 1.19 bits per heavy atom. The van der Waals surface area contributed by atoms with E-state index in [1.807, 2.05) is 4.90 Å². The molecule has 0 bridgehead atoms. The molecule has 3 heterocycles. The average Bonchev–Trinajstić information content (AvgIpc) is 2.78. The highest BCUT2D eigenvalue weighted by atomic mass is 32.2. The quantitative estimate of drug-likeness (QED) is 0.566. The molecule has 7 nitrogen and oxygen atoms in total. The van der Waals surface area contributed by atoms with Crippen LogP contribution in [0.5, 0.6) is 6.01 Å². The summed E-state index contributed by atoms with van der Waals surface area (Å²) in [5.74, 6) is -0.0115. The lowest BCUT2D eigenvalue weighted by Crippen LogP contribution is -2.32. The van der Waals surface area contributed by atoms with Gasteiger partial charge in [0.2, 0.25) is 0 Å². The molecule has 0 aliphatic carbocycles. The van der Waals surface area contributed by atoms with E-state index in [1.165, 1.54) is 30.2 Å². The van der Waals surface area contributed by atoms with Gasteiger partial charge in [0.15, 0.2) is 0 Å². The molecule has 0 saturated carbocycles. The van der Waals surface area contributed by atoms with Crippen LogP contribution in [0.3, 0.4) is 0 Å². The zero-order chi connectivity index (χ0) is 22.7. The second-order valence-electron chi connectivity index (χ2n) is 6.96. The van der Waals surface area contributed by atoms with Crippen molar-refractivity contribution in [3.63, 3.8) is 0 Å². The maximum absolute atomic E-state index is 12.9. The fourth-order valence-electron chi connectivity index (χ4n) is 3.30. The molecule has 166 valence electrons. The van der Waals surface area contributed by atoms with Crippen molar-refractivity contribution in [1.29, 1.82) is 0 Å². The molecule has 3 aromatic rings. The number of halogens is 3. The van der Waals surface area contributed by atoms with Crippen molar-refractivity contribution >= 4 is 29.5 Å². The van der Waals surface area contributed by atoms with E-state index in [-0.39, 0.29) is 11.4 Å². The normalized spacial score (nSPS) is 13.4. The van der Waals surface area contributed by atoms with E-state index in [9.17, 15) is 18.0 Å². The lowest BCUT2D eigenvalue weighted by molar-refractivity contribution is -0.137. The molecule has 32 heavy (non-hydrogen) atoms. The van der Waals surface area contributed by atoms with Crippen LogP contribution in [0.15, 0.2) is 48.7 Å². The van der Waals surface area contributed by atoms with Crippen molar-refractivity contribution in [2.75, 3.05) is 23.0 Å². The average molecular weight is 461 g/mol. The number of carbonyl (C=O) groups excluding carboxylic acids is 1. The number of anilines is 2. The minimum Gasteiger partial charge on any atom is -0.389 e. The van der Waals surface area contributed by atoms with Crippen molar-refractivity contribution in [3.8, 4) is 6.01 Å². The predicted octanol–water partition coefficient (Wildman–Crippen LogP) is 4.36. The smallest absolute Gasteiger partial charge is 0.389 e. The van der Waals surface area contributed by atoms with E-state index in [0.29, 0.717) is 31.3 Å². The summed E-state index contributed by atoms with van der Waals surface area (Å²) in [4.78, 5) is 27.6. The van der Waals surface area contributed by atoms with Crippen LogP contribution in [-0.4, -0.2) is 33.7 Å². The maximum Gasteiger partial charge on any atom is 0.416 e. The molecule has 0 unspecified atom stereocenters. The van der Waals surface area contributed by atoms with Crippen molar-refractivity contribution in [2.45, 2.75) is 19.1 Å². The van der Waals surface area contributed by atoms with Gasteiger partial charge in [-0.25, -0.2) is 9.97 Å². The highest BCUT2D eigenvalue weighted by molar-refractivity contribution is 7.94. The van der Waals surface area contributed by atoms with Crippen molar-refractivity contribution in [1.82, 2.24) is 15.0 Å². The largest absolute Gasteiger partial charge is 0.416 e. The van der Waals surface area contributed by atoms with Gasteiger partial charge in [0.05, 0.1) is 23.3 Å². The molecule has 4 rings (SSSR count). The third-order valence-corrected chi connectivity index (χ3v) is 5.12. The summed E-state index contributed by atoms with van der Waals surface area (Å²) >= 11 is 1.17. The predicted molar refractivity (Wildman–Crippen MR) is 115 cm³/mol. The molecule has 0 atom stereocenters. The van der Waals surface area contributed by atoms with Gasteiger partial charge in [-0.1, -0.05) is 12.1 Å². The molecule has 1 N–H and O–H groups in total. The van der Waals surface area contributed by atoms with Crippen LogP contribution in [0.1, 0.15) is 27.3 Å². The molecular formula is C21H18F3N5O2S. The Morgan fingerprint density at radius 2 is 2.00 bits per heavy atom. The van der Waals surface area contributed by atoms with Gasteiger partial charge in [-0.15, -0.1) is 0 Å². The maximum atomic E-state index is 12.9. The third-order valence-electron chi connectivity index (χ3n) is 4.81. The number of nitrogens with zero attached hydrogens (tertiary/aromatic N) is 4. The molecule has 0 radical (unpaired) electrons. The van der Waals surface area contributed by atoms with Gasteiger partial charge in [-0.3, -0.25) is 4.79 Å². The molecule has 1 aromatic carbocycles. The Kier molecular flexibility index (Phi) is 6.17. The molecule has 0 saturated heterocycles. The van der Waals surface area contributed by atoms with Crippen molar-refractivity contribution < 1.29 is 22.1 Å². The number of hydrogen-bond donors (Lipinski definition) is 1. The number of amides is 1. The Morgan fingerprint density at radius 3 is 2.78 bits per heavy atom.